The summed E-state index contributed by atoms with van der Waals surface area (Å²) in [6.45, 7) is 3.62. The van der Waals surface area contributed by atoms with E-state index in [0.29, 0.717) is 6.54 Å². The van der Waals surface area contributed by atoms with Crippen LogP contribution in [0.5, 0.6) is 17.2 Å². The third kappa shape index (κ3) is 7.16. The standard InChI is InChI=1S/C30H41NO4/c1-3-4-5-8-16-34-27-13-9-10-22(18-27)17-24-19-25(21-31-30(24)32)23-14-15-28(33-2)29(20-23)35-26-11-6-7-12-26/h9-10,13-15,18,20,24-26H,3-8,11-12,16-17,19,21H2,1-2H3,(H,31,32)/t24-,25+/m0/s1. The molecule has 2 atom stereocenters. The largest absolute Gasteiger partial charge is 0.494 e. The second kappa shape index (κ2) is 12.9. The first-order valence-corrected chi connectivity index (χ1v) is 13.5. The number of rotatable bonds is 12. The lowest BCUT2D eigenvalue weighted by Gasteiger charge is -2.30. The lowest BCUT2D eigenvalue weighted by molar-refractivity contribution is -0.126. The number of methoxy groups -OCH3 is 1. The Morgan fingerprint density at radius 2 is 1.86 bits per heavy atom. The number of unbranched alkanes of at least 4 members (excludes halogenated alkanes) is 3. The number of piperidine rings is 1. The minimum Gasteiger partial charge on any atom is -0.494 e. The van der Waals surface area contributed by atoms with Crippen molar-refractivity contribution in [1.82, 2.24) is 5.32 Å². The number of ether oxygens (including phenoxy) is 3. The van der Waals surface area contributed by atoms with E-state index >= 15 is 0 Å². The molecule has 35 heavy (non-hydrogen) atoms. The molecule has 1 aliphatic carbocycles. The summed E-state index contributed by atoms with van der Waals surface area (Å²) < 4.78 is 17.8. The highest BCUT2D eigenvalue weighted by Gasteiger charge is 2.30. The minimum absolute atomic E-state index is 0.0603. The van der Waals surface area contributed by atoms with Crippen LogP contribution < -0.4 is 19.5 Å². The molecule has 2 fully saturated rings. The Balaban J connectivity index is 1.39. The zero-order chi connectivity index (χ0) is 24.5. The summed E-state index contributed by atoms with van der Waals surface area (Å²) in [6.07, 6.45) is 11.3. The molecule has 5 nitrogen and oxygen atoms in total. The van der Waals surface area contributed by atoms with Gasteiger partial charge in [0.1, 0.15) is 5.75 Å². The smallest absolute Gasteiger partial charge is 0.223 e. The van der Waals surface area contributed by atoms with Gasteiger partial charge in [0.05, 0.1) is 19.8 Å². The zero-order valence-corrected chi connectivity index (χ0v) is 21.4. The molecule has 190 valence electrons. The predicted octanol–water partition coefficient (Wildman–Crippen LogP) is 6.44. The SMILES string of the molecule is CCCCCCOc1cccc(C[C@H]2C[C@@H](c3ccc(OC)c(OC4CCCC4)c3)CNC2=O)c1. The average Bonchev–Trinajstić information content (AvgIpc) is 3.39. The Kier molecular flexibility index (Phi) is 9.33. The van der Waals surface area contributed by atoms with Crippen LogP contribution >= 0.6 is 0 Å². The van der Waals surface area contributed by atoms with Gasteiger partial charge in [0, 0.05) is 18.4 Å². The molecule has 4 rings (SSSR count). The van der Waals surface area contributed by atoms with E-state index in [0.717, 1.165) is 61.5 Å². The summed E-state index contributed by atoms with van der Waals surface area (Å²) in [6, 6.07) is 14.5. The van der Waals surface area contributed by atoms with Crippen LogP contribution in [-0.2, 0) is 11.2 Å². The summed E-state index contributed by atoms with van der Waals surface area (Å²) in [5, 5.41) is 3.15. The third-order valence-corrected chi connectivity index (χ3v) is 7.36. The van der Waals surface area contributed by atoms with Crippen molar-refractivity contribution in [2.24, 2.45) is 5.92 Å². The van der Waals surface area contributed by atoms with Gasteiger partial charge in [0.15, 0.2) is 11.5 Å². The van der Waals surface area contributed by atoms with Crippen LogP contribution in [0.25, 0.3) is 0 Å². The molecule has 1 heterocycles. The number of amides is 1. The van der Waals surface area contributed by atoms with Gasteiger partial charge in [-0.1, -0.05) is 44.4 Å². The van der Waals surface area contributed by atoms with Gasteiger partial charge in [-0.3, -0.25) is 4.79 Å². The van der Waals surface area contributed by atoms with Gasteiger partial charge in [-0.2, -0.15) is 0 Å². The summed E-state index contributed by atoms with van der Waals surface area (Å²) in [4.78, 5) is 12.7. The van der Waals surface area contributed by atoms with E-state index in [1.807, 2.05) is 18.2 Å². The number of hydrogen-bond acceptors (Lipinski definition) is 4. The third-order valence-electron chi connectivity index (χ3n) is 7.36. The number of carbonyl (C=O) groups excluding carboxylic acids is 1. The number of hydrogen-bond donors (Lipinski definition) is 1. The summed E-state index contributed by atoms with van der Waals surface area (Å²) in [5.41, 5.74) is 2.35. The first kappa shape index (κ1) is 25.4. The van der Waals surface area contributed by atoms with Crippen molar-refractivity contribution in [3.8, 4) is 17.2 Å². The van der Waals surface area contributed by atoms with Gasteiger partial charge in [0.25, 0.3) is 0 Å². The molecule has 0 spiro atoms. The molecule has 1 N–H and O–H groups in total. The molecule has 0 aromatic heterocycles. The molecular weight excluding hydrogens is 438 g/mol. The van der Waals surface area contributed by atoms with Crippen LogP contribution in [0, 0.1) is 5.92 Å². The Labute approximate surface area is 210 Å². The van der Waals surface area contributed by atoms with Gasteiger partial charge in [0.2, 0.25) is 5.91 Å². The summed E-state index contributed by atoms with van der Waals surface area (Å²) >= 11 is 0. The molecule has 2 aromatic rings. The highest BCUT2D eigenvalue weighted by atomic mass is 16.5. The van der Waals surface area contributed by atoms with Crippen LogP contribution in [0.15, 0.2) is 42.5 Å². The molecular formula is C30H41NO4. The molecule has 1 saturated heterocycles. The van der Waals surface area contributed by atoms with E-state index < -0.39 is 0 Å². The molecule has 0 bridgehead atoms. The predicted molar refractivity (Wildman–Crippen MR) is 140 cm³/mol. The number of carbonyl (C=O) groups is 1. The van der Waals surface area contributed by atoms with Crippen molar-refractivity contribution in [2.75, 3.05) is 20.3 Å². The highest BCUT2D eigenvalue weighted by molar-refractivity contribution is 5.80. The molecule has 2 aliphatic rings. The first-order valence-electron chi connectivity index (χ1n) is 13.5. The van der Waals surface area contributed by atoms with Crippen molar-refractivity contribution in [3.63, 3.8) is 0 Å². The Bertz CT molecular complexity index is 953. The maximum atomic E-state index is 12.7. The molecule has 0 unspecified atom stereocenters. The minimum atomic E-state index is -0.0603. The summed E-state index contributed by atoms with van der Waals surface area (Å²) in [7, 11) is 1.69. The lowest BCUT2D eigenvalue weighted by Crippen LogP contribution is -2.41. The van der Waals surface area contributed by atoms with Crippen molar-refractivity contribution in [3.05, 3.63) is 53.6 Å². The Morgan fingerprint density at radius 3 is 2.66 bits per heavy atom. The Hall–Kier alpha value is -2.69. The maximum Gasteiger partial charge on any atom is 0.223 e. The average molecular weight is 480 g/mol. The monoisotopic (exact) mass is 479 g/mol. The first-order chi connectivity index (χ1) is 17.2. The summed E-state index contributed by atoms with van der Waals surface area (Å²) in [5.74, 6) is 2.85. The fourth-order valence-corrected chi connectivity index (χ4v) is 5.32. The van der Waals surface area contributed by atoms with Crippen LogP contribution in [0.1, 0.15) is 81.8 Å². The van der Waals surface area contributed by atoms with E-state index in [9.17, 15) is 4.79 Å². The maximum absolute atomic E-state index is 12.7. The van der Waals surface area contributed by atoms with Crippen LogP contribution in [0.2, 0.25) is 0 Å². The van der Waals surface area contributed by atoms with Crippen LogP contribution in [0.3, 0.4) is 0 Å². The van der Waals surface area contributed by atoms with Crippen LogP contribution in [-0.4, -0.2) is 32.3 Å². The lowest BCUT2D eigenvalue weighted by atomic mass is 9.82. The van der Waals surface area contributed by atoms with Crippen molar-refractivity contribution < 1.29 is 19.0 Å². The topological polar surface area (TPSA) is 56.8 Å². The fourth-order valence-electron chi connectivity index (χ4n) is 5.32. The van der Waals surface area contributed by atoms with E-state index in [4.69, 9.17) is 14.2 Å². The zero-order valence-electron chi connectivity index (χ0n) is 21.4. The molecule has 5 heteroatoms. The molecule has 1 amide bonds. The van der Waals surface area contributed by atoms with Crippen molar-refractivity contribution in [2.45, 2.75) is 83.2 Å². The van der Waals surface area contributed by atoms with E-state index in [1.54, 1.807) is 7.11 Å². The fraction of sp³-hybridized carbons (Fsp3) is 0.567. The quantitative estimate of drug-likeness (QED) is 0.356. The highest BCUT2D eigenvalue weighted by Crippen LogP contribution is 2.37. The van der Waals surface area contributed by atoms with E-state index in [-0.39, 0.29) is 23.8 Å². The molecule has 0 radical (unpaired) electrons. The number of benzene rings is 2. The molecule has 2 aromatic carbocycles. The molecule has 1 aliphatic heterocycles. The van der Waals surface area contributed by atoms with Gasteiger partial charge >= 0.3 is 0 Å². The van der Waals surface area contributed by atoms with Crippen LogP contribution in [0.4, 0.5) is 0 Å². The van der Waals surface area contributed by atoms with Gasteiger partial charge in [-0.25, -0.2) is 0 Å². The van der Waals surface area contributed by atoms with Crippen molar-refractivity contribution in [1.29, 1.82) is 0 Å². The second-order valence-electron chi connectivity index (χ2n) is 10.1. The van der Waals surface area contributed by atoms with Crippen molar-refractivity contribution >= 4 is 5.91 Å². The number of nitrogens with one attached hydrogen (secondary N) is 1. The Morgan fingerprint density at radius 1 is 1.00 bits per heavy atom. The van der Waals surface area contributed by atoms with Gasteiger partial charge < -0.3 is 19.5 Å². The normalized spacial score (nSPS) is 20.5. The second-order valence-corrected chi connectivity index (χ2v) is 10.1. The molecule has 1 saturated carbocycles. The van der Waals surface area contributed by atoms with E-state index in [2.05, 4.69) is 36.5 Å². The van der Waals surface area contributed by atoms with Gasteiger partial charge in [-0.15, -0.1) is 0 Å². The van der Waals surface area contributed by atoms with E-state index in [1.165, 1.54) is 37.7 Å². The van der Waals surface area contributed by atoms with Gasteiger partial charge in [-0.05, 0) is 80.3 Å².